The van der Waals surface area contributed by atoms with Crippen molar-refractivity contribution in [3.63, 3.8) is 0 Å². The largest absolute Gasteiger partial charge is 0.509 e. The van der Waals surface area contributed by atoms with Gasteiger partial charge < -0.3 is 19.1 Å². The third kappa shape index (κ3) is 8.35. The van der Waals surface area contributed by atoms with Gasteiger partial charge >= 0.3 is 0 Å². The normalized spacial score (nSPS) is 13.2. The summed E-state index contributed by atoms with van der Waals surface area (Å²) in [6, 6.07) is 81.7. The molecule has 370 valence electrons. The van der Waals surface area contributed by atoms with Gasteiger partial charge in [-0.3, -0.25) is 0 Å². The molecule has 9 aromatic carbocycles. The fourth-order valence-corrected chi connectivity index (χ4v) is 11.3. The SMILES string of the molecule is CC(C)(C)c1cc(-c2ccccc2)c(N2[CH-]N(c3[c-]c(Oc4[c-]c5c(cc4)c4ccccc4n5-c4cc(C5c6ccccc6-c6ccccc65)ccn4)c(C(C)(C)C)cc3)c3ccccc32)c(-c2ccccc2)c1.[Pt]. The summed E-state index contributed by atoms with van der Waals surface area (Å²) in [6.45, 7) is 15.8. The predicted octanol–water partition coefficient (Wildman–Crippen LogP) is 18.1. The fourth-order valence-electron chi connectivity index (χ4n) is 11.3. The van der Waals surface area contributed by atoms with Crippen molar-refractivity contribution >= 4 is 44.6 Å². The Morgan fingerprint density at radius 2 is 1.11 bits per heavy atom. The zero-order valence-electron chi connectivity index (χ0n) is 42.9. The van der Waals surface area contributed by atoms with Crippen molar-refractivity contribution < 1.29 is 25.8 Å². The van der Waals surface area contributed by atoms with Crippen LogP contribution in [-0.4, -0.2) is 9.55 Å². The quantitative estimate of drug-likeness (QED) is 0.142. The molecule has 0 saturated heterocycles. The molecule has 0 radical (unpaired) electrons. The first-order valence-electron chi connectivity index (χ1n) is 25.6. The van der Waals surface area contributed by atoms with E-state index in [4.69, 9.17) is 9.72 Å². The zero-order valence-corrected chi connectivity index (χ0v) is 45.1. The minimum atomic E-state index is -0.256. The molecule has 2 aromatic heterocycles. The van der Waals surface area contributed by atoms with Gasteiger partial charge in [-0.15, -0.1) is 47.6 Å². The van der Waals surface area contributed by atoms with Gasteiger partial charge in [0.15, 0.2) is 0 Å². The van der Waals surface area contributed by atoms with Crippen molar-refractivity contribution in [2.24, 2.45) is 0 Å². The van der Waals surface area contributed by atoms with Crippen LogP contribution < -0.4 is 14.5 Å². The summed E-state index contributed by atoms with van der Waals surface area (Å²) in [5, 5.41) is 2.21. The van der Waals surface area contributed by atoms with Crippen molar-refractivity contribution in [1.82, 2.24) is 9.55 Å². The second kappa shape index (κ2) is 18.7. The van der Waals surface area contributed by atoms with Crippen LogP contribution in [0.15, 0.2) is 212 Å². The molecule has 2 aliphatic rings. The van der Waals surface area contributed by atoms with E-state index in [9.17, 15) is 0 Å². The van der Waals surface area contributed by atoms with Crippen LogP contribution in [0.1, 0.15) is 75.3 Å². The van der Waals surface area contributed by atoms with E-state index in [1.54, 1.807) is 0 Å². The van der Waals surface area contributed by atoms with E-state index in [-0.39, 0.29) is 37.8 Å². The summed E-state index contributed by atoms with van der Waals surface area (Å²) in [5.74, 6) is 2.18. The van der Waals surface area contributed by atoms with Gasteiger partial charge in [-0.1, -0.05) is 192 Å². The maximum atomic E-state index is 7.11. The Morgan fingerprint density at radius 1 is 0.520 bits per heavy atom. The molecule has 1 aliphatic heterocycles. The number of benzene rings is 9. The van der Waals surface area contributed by atoms with Gasteiger partial charge in [0.25, 0.3) is 0 Å². The second-order valence-electron chi connectivity index (χ2n) is 21.7. The van der Waals surface area contributed by atoms with Crippen LogP contribution in [0.4, 0.5) is 22.7 Å². The van der Waals surface area contributed by atoms with Gasteiger partial charge in [0.05, 0.1) is 0 Å². The molecule has 3 heterocycles. The molecule has 13 rings (SSSR count). The summed E-state index contributed by atoms with van der Waals surface area (Å²) < 4.78 is 9.35. The van der Waals surface area contributed by atoms with Crippen LogP contribution in [0.25, 0.3) is 61.0 Å². The minimum Gasteiger partial charge on any atom is -0.509 e. The molecular formula is C69H55N4OPt-3. The topological polar surface area (TPSA) is 33.5 Å². The molecule has 6 heteroatoms. The van der Waals surface area contributed by atoms with Gasteiger partial charge in [0, 0.05) is 78.4 Å². The van der Waals surface area contributed by atoms with E-state index in [0.717, 1.165) is 67.1 Å². The molecule has 75 heavy (non-hydrogen) atoms. The zero-order chi connectivity index (χ0) is 50.3. The molecule has 11 aromatic rings. The van der Waals surface area contributed by atoms with Crippen molar-refractivity contribution in [3.05, 3.63) is 259 Å². The monoisotopic (exact) mass is 1150 g/mol. The molecule has 0 saturated carbocycles. The predicted molar refractivity (Wildman–Crippen MR) is 305 cm³/mol. The number of hydrogen-bond acceptors (Lipinski definition) is 4. The Morgan fingerprint density at radius 3 is 1.75 bits per heavy atom. The molecule has 1 aliphatic carbocycles. The van der Waals surface area contributed by atoms with E-state index < -0.39 is 0 Å². The molecular weight excluding hydrogens is 1100 g/mol. The second-order valence-corrected chi connectivity index (χ2v) is 21.7. The number of para-hydroxylation sites is 3. The van der Waals surface area contributed by atoms with Crippen molar-refractivity contribution in [1.29, 1.82) is 0 Å². The number of nitrogens with zero attached hydrogens (tertiary/aromatic N) is 4. The van der Waals surface area contributed by atoms with E-state index in [0.29, 0.717) is 11.5 Å². The summed E-state index contributed by atoms with van der Waals surface area (Å²) in [5.41, 5.74) is 19.1. The first kappa shape index (κ1) is 48.0. The third-order valence-corrected chi connectivity index (χ3v) is 14.9. The van der Waals surface area contributed by atoms with Crippen molar-refractivity contribution in [2.45, 2.75) is 58.3 Å². The third-order valence-electron chi connectivity index (χ3n) is 14.9. The molecule has 0 unspecified atom stereocenters. The van der Waals surface area contributed by atoms with E-state index in [2.05, 4.69) is 275 Å². The van der Waals surface area contributed by atoms with Crippen LogP contribution in [0.5, 0.6) is 11.5 Å². The van der Waals surface area contributed by atoms with Crippen LogP contribution in [0.2, 0.25) is 0 Å². The number of ether oxygens (including phenoxy) is 1. The molecule has 0 N–H and O–H groups in total. The van der Waals surface area contributed by atoms with Gasteiger partial charge in [-0.25, -0.2) is 4.98 Å². The Balaban J connectivity index is 0.00000569. The van der Waals surface area contributed by atoms with Crippen LogP contribution in [0.3, 0.4) is 0 Å². The van der Waals surface area contributed by atoms with E-state index in [1.807, 2.05) is 12.3 Å². The molecule has 0 fully saturated rings. The molecule has 0 atom stereocenters. The van der Waals surface area contributed by atoms with Gasteiger partial charge in [0.1, 0.15) is 5.82 Å². The number of aromatic nitrogens is 2. The van der Waals surface area contributed by atoms with Crippen molar-refractivity contribution in [3.8, 4) is 50.7 Å². The maximum absolute atomic E-state index is 7.11. The smallest absolute Gasteiger partial charge is 0.135 e. The summed E-state index contributed by atoms with van der Waals surface area (Å²) in [4.78, 5) is 9.69. The average Bonchev–Trinajstić information content (AvgIpc) is 4.08. The summed E-state index contributed by atoms with van der Waals surface area (Å²) >= 11 is 0. The van der Waals surface area contributed by atoms with Crippen LogP contribution in [-0.2, 0) is 31.9 Å². The average molecular weight is 1150 g/mol. The summed E-state index contributed by atoms with van der Waals surface area (Å²) in [6.07, 6.45) is 1.95. The summed E-state index contributed by atoms with van der Waals surface area (Å²) in [7, 11) is 0. The Kier molecular flexibility index (Phi) is 12.0. The standard InChI is InChI=1S/C69H55N4O.Pt/c1-68(2,3)48-40-57(45-21-9-7-10-22-45)67(58(41-48)46-23-11-8-12-24-46)72-44-71(61-31-19-20-32-62(61)72)49-33-36-59(69(4,5)6)64(42-49)74-50-34-35-54-53-27-17-18-30-60(53)73(63(54)43-50)65-39-47(37-38-70-65)66-55-28-15-13-25-51(55)52-26-14-16-29-56(52)66;/h7-41,44,66H,1-6H3;/q-3;. The maximum Gasteiger partial charge on any atom is 0.135 e. The fraction of sp³-hybridized carbons (Fsp3) is 0.130. The number of fused-ring (bicyclic) bond motifs is 7. The number of anilines is 4. The number of hydrogen-bond donors (Lipinski definition) is 0. The first-order valence-corrected chi connectivity index (χ1v) is 25.6. The van der Waals surface area contributed by atoms with Crippen LogP contribution in [0, 0.1) is 18.8 Å². The van der Waals surface area contributed by atoms with Gasteiger partial charge in [-0.2, -0.15) is 12.1 Å². The first-order chi connectivity index (χ1) is 36.0. The molecule has 5 nitrogen and oxygen atoms in total. The van der Waals surface area contributed by atoms with E-state index in [1.165, 1.54) is 44.5 Å². The minimum absolute atomic E-state index is 0. The van der Waals surface area contributed by atoms with Crippen molar-refractivity contribution in [2.75, 3.05) is 9.80 Å². The Labute approximate surface area is 455 Å². The number of rotatable bonds is 8. The van der Waals surface area contributed by atoms with Gasteiger partial charge in [0.2, 0.25) is 0 Å². The molecule has 0 spiro atoms. The van der Waals surface area contributed by atoms with Crippen LogP contribution >= 0.6 is 0 Å². The van der Waals surface area contributed by atoms with E-state index >= 15 is 0 Å². The molecule has 0 bridgehead atoms. The number of pyridine rings is 1. The Hall–Kier alpha value is -7.98. The molecule has 0 amide bonds. The van der Waals surface area contributed by atoms with Gasteiger partial charge in [-0.05, 0) is 97.8 Å². The Bertz CT molecular complexity index is 3850.